The molecule has 1 aromatic rings. The third kappa shape index (κ3) is 2.14. The first-order chi connectivity index (χ1) is 8.47. The fourth-order valence-corrected chi connectivity index (χ4v) is 1.42. The maximum absolute atomic E-state index is 11.4. The summed E-state index contributed by atoms with van der Waals surface area (Å²) in [5, 5.41) is 22.4. The van der Waals surface area contributed by atoms with Crippen LogP contribution in [-0.4, -0.2) is 28.1 Å². The van der Waals surface area contributed by atoms with Crippen LogP contribution in [0.4, 0.5) is 4.79 Å². The van der Waals surface area contributed by atoms with Crippen LogP contribution in [0, 0.1) is 0 Å². The van der Waals surface area contributed by atoms with Gasteiger partial charge in [-0.15, -0.1) is 0 Å². The highest BCUT2D eigenvalue weighted by Gasteiger charge is 2.27. The molecule has 7 nitrogen and oxygen atoms in total. The number of rotatable bonds is 1. The summed E-state index contributed by atoms with van der Waals surface area (Å²) in [6.45, 7) is 0. The van der Waals surface area contributed by atoms with E-state index in [4.69, 9.17) is 5.11 Å². The van der Waals surface area contributed by atoms with Gasteiger partial charge < -0.3 is 10.2 Å². The van der Waals surface area contributed by atoms with Gasteiger partial charge in [0.2, 0.25) is 0 Å². The second-order valence-corrected chi connectivity index (χ2v) is 3.54. The van der Waals surface area contributed by atoms with Crippen molar-refractivity contribution in [3.05, 3.63) is 29.3 Å². The number of phenolic OH excluding ortho intramolecular Hbond substituents is 2. The van der Waals surface area contributed by atoms with E-state index in [1.807, 2.05) is 10.6 Å². The molecule has 0 aromatic heterocycles. The first-order valence-electron chi connectivity index (χ1n) is 4.87. The third-order valence-electron chi connectivity index (χ3n) is 2.26. The summed E-state index contributed by atoms with van der Waals surface area (Å²) < 4.78 is 0. The molecule has 0 bridgehead atoms. The fourth-order valence-electron chi connectivity index (χ4n) is 1.42. The number of carbonyl (C=O) groups excluding carboxylic acids is 3. The van der Waals surface area contributed by atoms with Gasteiger partial charge in [0.15, 0.2) is 0 Å². The highest BCUT2D eigenvalue weighted by molar-refractivity contribution is 6.31. The first-order valence-corrected chi connectivity index (χ1v) is 4.87. The van der Waals surface area contributed by atoms with Crippen molar-refractivity contribution in [2.45, 2.75) is 0 Å². The van der Waals surface area contributed by atoms with E-state index in [0.29, 0.717) is 0 Å². The number of imide groups is 2. The van der Waals surface area contributed by atoms with Crippen molar-refractivity contribution in [3.8, 4) is 11.5 Å². The Labute approximate surface area is 101 Å². The summed E-state index contributed by atoms with van der Waals surface area (Å²) in [4.78, 5) is 33.6. The Hall–Kier alpha value is -2.83. The number of hydrogen-bond acceptors (Lipinski definition) is 5. The molecule has 2 rings (SSSR count). The Morgan fingerprint density at radius 1 is 1.00 bits per heavy atom. The van der Waals surface area contributed by atoms with Crippen LogP contribution in [0.3, 0.4) is 0 Å². The molecule has 7 heteroatoms. The zero-order valence-electron chi connectivity index (χ0n) is 8.93. The zero-order valence-corrected chi connectivity index (χ0v) is 8.93. The average molecular weight is 248 g/mol. The van der Waals surface area contributed by atoms with E-state index < -0.39 is 17.8 Å². The Morgan fingerprint density at radius 3 is 2.17 bits per heavy atom. The fraction of sp³-hybridized carbons (Fsp3) is 0. The van der Waals surface area contributed by atoms with Gasteiger partial charge in [-0.2, -0.15) is 0 Å². The minimum atomic E-state index is -0.892. The number of barbiturate groups is 1. The zero-order chi connectivity index (χ0) is 13.3. The Kier molecular flexibility index (Phi) is 2.72. The number of carbonyl (C=O) groups is 3. The van der Waals surface area contributed by atoms with Gasteiger partial charge in [-0.3, -0.25) is 20.2 Å². The van der Waals surface area contributed by atoms with Gasteiger partial charge >= 0.3 is 6.03 Å². The summed E-state index contributed by atoms with van der Waals surface area (Å²) in [7, 11) is 0. The molecule has 0 atom stereocenters. The lowest BCUT2D eigenvalue weighted by Crippen LogP contribution is -2.51. The SMILES string of the molecule is O=C1NC(=O)C(=Cc2ccc(O)cc2O)C(=O)N1. The van der Waals surface area contributed by atoms with Crippen LogP contribution in [0.1, 0.15) is 5.56 Å². The number of urea groups is 1. The molecule has 0 saturated carbocycles. The largest absolute Gasteiger partial charge is 0.508 e. The van der Waals surface area contributed by atoms with Crippen molar-refractivity contribution >= 4 is 23.9 Å². The van der Waals surface area contributed by atoms with Crippen LogP contribution >= 0.6 is 0 Å². The van der Waals surface area contributed by atoms with Crippen LogP contribution in [0.25, 0.3) is 6.08 Å². The number of phenols is 2. The van der Waals surface area contributed by atoms with Gasteiger partial charge in [-0.1, -0.05) is 0 Å². The number of nitrogens with one attached hydrogen (secondary N) is 2. The lowest BCUT2D eigenvalue weighted by Gasteiger charge is -2.14. The van der Waals surface area contributed by atoms with E-state index in [9.17, 15) is 19.5 Å². The summed E-state index contributed by atoms with van der Waals surface area (Å²) in [5.74, 6) is -2.14. The molecule has 0 unspecified atom stereocenters. The number of hydrogen-bond donors (Lipinski definition) is 4. The highest BCUT2D eigenvalue weighted by atomic mass is 16.3. The lowest BCUT2D eigenvalue weighted by atomic mass is 10.1. The topological polar surface area (TPSA) is 116 Å². The van der Waals surface area contributed by atoms with Gasteiger partial charge in [-0.25, -0.2) is 4.79 Å². The molecule has 1 saturated heterocycles. The van der Waals surface area contributed by atoms with Crippen LogP contribution in [-0.2, 0) is 9.59 Å². The van der Waals surface area contributed by atoms with Crippen LogP contribution in [0.15, 0.2) is 23.8 Å². The van der Waals surface area contributed by atoms with Crippen molar-refractivity contribution in [2.24, 2.45) is 0 Å². The van der Waals surface area contributed by atoms with E-state index in [1.165, 1.54) is 12.1 Å². The number of aromatic hydroxyl groups is 2. The minimum absolute atomic E-state index is 0.151. The molecule has 1 heterocycles. The molecule has 92 valence electrons. The predicted molar refractivity (Wildman–Crippen MR) is 59.4 cm³/mol. The Bertz CT molecular complexity index is 569. The smallest absolute Gasteiger partial charge is 0.328 e. The quantitative estimate of drug-likeness (QED) is 0.407. The molecular weight excluding hydrogens is 240 g/mol. The van der Waals surface area contributed by atoms with Crippen LogP contribution in [0.5, 0.6) is 11.5 Å². The molecule has 1 aliphatic rings. The molecule has 1 aliphatic heterocycles. The molecule has 0 spiro atoms. The third-order valence-corrected chi connectivity index (χ3v) is 2.26. The Balaban J connectivity index is 2.40. The maximum atomic E-state index is 11.4. The summed E-state index contributed by atoms with van der Waals surface area (Å²) in [6.07, 6.45) is 1.12. The van der Waals surface area contributed by atoms with Crippen molar-refractivity contribution in [2.75, 3.05) is 0 Å². The van der Waals surface area contributed by atoms with E-state index in [1.54, 1.807) is 0 Å². The summed E-state index contributed by atoms with van der Waals surface area (Å²) in [5.41, 5.74) is -0.141. The van der Waals surface area contributed by atoms with E-state index in [2.05, 4.69) is 0 Å². The molecule has 18 heavy (non-hydrogen) atoms. The van der Waals surface area contributed by atoms with Gasteiger partial charge in [0.25, 0.3) is 11.8 Å². The second-order valence-electron chi connectivity index (χ2n) is 3.54. The van der Waals surface area contributed by atoms with Crippen molar-refractivity contribution in [3.63, 3.8) is 0 Å². The average Bonchev–Trinajstić information content (AvgIpc) is 2.25. The summed E-state index contributed by atoms with van der Waals surface area (Å²) in [6, 6.07) is 2.79. The normalized spacial score (nSPS) is 15.1. The molecule has 0 aliphatic carbocycles. The lowest BCUT2D eigenvalue weighted by molar-refractivity contribution is -0.123. The summed E-state index contributed by atoms with van der Waals surface area (Å²) >= 11 is 0. The monoisotopic (exact) mass is 248 g/mol. The number of amides is 4. The molecule has 1 aromatic carbocycles. The molecule has 4 N–H and O–H groups in total. The highest BCUT2D eigenvalue weighted by Crippen LogP contribution is 2.24. The molecule has 0 radical (unpaired) electrons. The molecular formula is C11H8N2O5. The molecule has 4 amide bonds. The van der Waals surface area contributed by atoms with Gasteiger partial charge in [0.05, 0.1) is 0 Å². The standard InChI is InChI=1S/C11H8N2O5/c14-6-2-1-5(8(15)4-6)3-7-9(16)12-11(18)13-10(7)17/h1-4,14-15H,(H2,12,13,16,17,18). The van der Waals surface area contributed by atoms with Crippen molar-refractivity contribution in [1.82, 2.24) is 10.6 Å². The number of benzene rings is 1. The predicted octanol–water partition coefficient (Wildman–Crippen LogP) is -0.153. The maximum Gasteiger partial charge on any atom is 0.328 e. The van der Waals surface area contributed by atoms with E-state index >= 15 is 0 Å². The van der Waals surface area contributed by atoms with Crippen molar-refractivity contribution in [1.29, 1.82) is 0 Å². The van der Waals surface area contributed by atoms with Gasteiger partial charge in [-0.05, 0) is 18.2 Å². The Morgan fingerprint density at radius 2 is 1.61 bits per heavy atom. The molecule has 1 fully saturated rings. The van der Waals surface area contributed by atoms with Crippen molar-refractivity contribution < 1.29 is 24.6 Å². The van der Waals surface area contributed by atoms with Gasteiger partial charge in [0, 0.05) is 11.6 Å². The minimum Gasteiger partial charge on any atom is -0.508 e. The first kappa shape index (κ1) is 11.6. The van der Waals surface area contributed by atoms with Crippen LogP contribution < -0.4 is 10.6 Å². The second kappa shape index (κ2) is 4.21. The van der Waals surface area contributed by atoms with Gasteiger partial charge in [0.1, 0.15) is 17.1 Å². The van der Waals surface area contributed by atoms with Crippen LogP contribution in [0.2, 0.25) is 0 Å². The van der Waals surface area contributed by atoms with E-state index in [0.717, 1.165) is 12.1 Å². The van der Waals surface area contributed by atoms with E-state index in [-0.39, 0.29) is 22.6 Å².